The van der Waals surface area contributed by atoms with Crippen LogP contribution in [0.3, 0.4) is 0 Å². The molecule has 1 nitrogen and oxygen atoms in total. The van der Waals surface area contributed by atoms with E-state index in [-0.39, 0.29) is 11.7 Å². The predicted molar refractivity (Wildman–Crippen MR) is 74.7 cm³/mol. The highest BCUT2D eigenvalue weighted by Crippen LogP contribution is 2.38. The Morgan fingerprint density at radius 3 is 2.32 bits per heavy atom. The van der Waals surface area contributed by atoms with Crippen molar-refractivity contribution in [3.8, 4) is 0 Å². The monoisotopic (exact) mass is 256 g/mol. The van der Waals surface area contributed by atoms with Crippen molar-refractivity contribution < 1.29 is 9.18 Å². The van der Waals surface area contributed by atoms with Crippen molar-refractivity contribution in [2.24, 2.45) is 5.92 Å². The zero-order chi connectivity index (χ0) is 13.2. The van der Waals surface area contributed by atoms with Gasteiger partial charge in [-0.1, -0.05) is 30.3 Å². The van der Waals surface area contributed by atoms with E-state index in [0.29, 0.717) is 11.3 Å². The first-order valence-corrected chi connectivity index (χ1v) is 6.92. The minimum Gasteiger partial charge on any atom is -0.303 e. The molecule has 0 aromatic heterocycles. The molecule has 0 heterocycles. The van der Waals surface area contributed by atoms with E-state index in [2.05, 4.69) is 0 Å². The summed E-state index contributed by atoms with van der Waals surface area (Å²) >= 11 is 0. The third-order valence-corrected chi connectivity index (χ3v) is 4.31. The smallest absolute Gasteiger partial charge is 0.131 e. The molecule has 1 fully saturated rings. The lowest BCUT2D eigenvalue weighted by molar-refractivity contribution is -0.111. The second-order valence-electron chi connectivity index (χ2n) is 5.43. The van der Waals surface area contributed by atoms with Gasteiger partial charge in [0.05, 0.1) is 0 Å². The van der Waals surface area contributed by atoms with Gasteiger partial charge in [-0.15, -0.1) is 0 Å². The predicted octanol–water partition coefficient (Wildman–Crippen LogP) is 4.45. The van der Waals surface area contributed by atoms with Crippen LogP contribution in [0.4, 0.5) is 4.39 Å². The van der Waals surface area contributed by atoms with Crippen LogP contribution in [0.1, 0.15) is 37.2 Å². The molecule has 2 aromatic carbocycles. The van der Waals surface area contributed by atoms with Crippen molar-refractivity contribution in [1.82, 2.24) is 0 Å². The molecular formula is C17H17FO. The van der Waals surface area contributed by atoms with Crippen LogP contribution in [-0.4, -0.2) is 6.29 Å². The summed E-state index contributed by atoms with van der Waals surface area (Å²) in [4.78, 5) is 10.8. The topological polar surface area (TPSA) is 17.1 Å². The largest absolute Gasteiger partial charge is 0.303 e. The highest BCUT2D eigenvalue weighted by molar-refractivity contribution is 5.86. The van der Waals surface area contributed by atoms with Crippen molar-refractivity contribution in [1.29, 1.82) is 0 Å². The van der Waals surface area contributed by atoms with Gasteiger partial charge in [0.15, 0.2) is 0 Å². The van der Waals surface area contributed by atoms with E-state index in [4.69, 9.17) is 0 Å². The minimum absolute atomic E-state index is 0.152. The van der Waals surface area contributed by atoms with Gasteiger partial charge in [0, 0.05) is 11.3 Å². The molecule has 0 N–H and O–H groups in total. The van der Waals surface area contributed by atoms with E-state index in [9.17, 15) is 9.18 Å². The maximum Gasteiger partial charge on any atom is 0.131 e. The first-order chi connectivity index (χ1) is 9.29. The normalized spacial score (nSPS) is 23.4. The summed E-state index contributed by atoms with van der Waals surface area (Å²) in [6.07, 6.45) is 5.05. The summed E-state index contributed by atoms with van der Waals surface area (Å²) < 4.78 is 13.8. The summed E-state index contributed by atoms with van der Waals surface area (Å²) in [6, 6.07) is 11.2. The van der Waals surface area contributed by atoms with Crippen LogP contribution >= 0.6 is 0 Å². The average Bonchev–Trinajstić information content (AvgIpc) is 2.48. The standard InChI is InChI=1S/C17H17FO/c18-17-10-9-14(15-3-1-2-4-16(15)17)13-7-5-12(11-19)6-8-13/h1-4,9-13H,5-8H2. The maximum absolute atomic E-state index is 13.8. The third kappa shape index (κ3) is 2.27. The van der Waals surface area contributed by atoms with Crippen molar-refractivity contribution in [3.63, 3.8) is 0 Å². The van der Waals surface area contributed by atoms with Crippen LogP contribution < -0.4 is 0 Å². The van der Waals surface area contributed by atoms with E-state index in [1.807, 2.05) is 30.3 Å². The molecule has 1 aliphatic rings. The molecule has 0 aliphatic heterocycles. The van der Waals surface area contributed by atoms with Crippen LogP contribution in [-0.2, 0) is 4.79 Å². The molecular weight excluding hydrogens is 239 g/mol. The van der Waals surface area contributed by atoms with Crippen LogP contribution in [0, 0.1) is 11.7 Å². The summed E-state index contributed by atoms with van der Waals surface area (Å²) in [5.74, 6) is 0.533. The summed E-state index contributed by atoms with van der Waals surface area (Å²) in [7, 11) is 0. The Hall–Kier alpha value is -1.70. The number of hydrogen-bond acceptors (Lipinski definition) is 1. The molecule has 3 rings (SSSR count). The molecule has 0 amide bonds. The molecule has 1 saturated carbocycles. The van der Waals surface area contributed by atoms with Gasteiger partial charge in [0.1, 0.15) is 12.1 Å². The van der Waals surface area contributed by atoms with Crippen molar-refractivity contribution >= 4 is 17.1 Å². The Kier molecular flexibility index (Phi) is 3.33. The molecule has 0 radical (unpaired) electrons. The van der Waals surface area contributed by atoms with Gasteiger partial charge in [0.25, 0.3) is 0 Å². The second-order valence-corrected chi connectivity index (χ2v) is 5.43. The van der Waals surface area contributed by atoms with Crippen molar-refractivity contribution in [2.75, 3.05) is 0 Å². The first-order valence-electron chi connectivity index (χ1n) is 6.92. The molecule has 2 aromatic rings. The van der Waals surface area contributed by atoms with Crippen molar-refractivity contribution in [2.45, 2.75) is 31.6 Å². The fourth-order valence-electron chi connectivity index (χ4n) is 3.21. The lowest BCUT2D eigenvalue weighted by Crippen LogP contribution is -2.14. The number of rotatable bonds is 2. The molecule has 2 heteroatoms. The third-order valence-electron chi connectivity index (χ3n) is 4.31. The van der Waals surface area contributed by atoms with Gasteiger partial charge < -0.3 is 4.79 Å². The molecule has 0 saturated heterocycles. The molecule has 0 spiro atoms. The van der Waals surface area contributed by atoms with Gasteiger partial charge in [-0.25, -0.2) is 4.39 Å². The fraction of sp³-hybridized carbons (Fsp3) is 0.353. The van der Waals surface area contributed by atoms with Crippen LogP contribution in [0.2, 0.25) is 0 Å². The van der Waals surface area contributed by atoms with E-state index in [1.54, 1.807) is 6.07 Å². The maximum atomic E-state index is 13.8. The molecule has 98 valence electrons. The van der Waals surface area contributed by atoms with Crippen molar-refractivity contribution in [3.05, 3.63) is 47.8 Å². The molecule has 0 atom stereocenters. The number of hydrogen-bond donors (Lipinski definition) is 0. The minimum atomic E-state index is -0.152. The molecule has 19 heavy (non-hydrogen) atoms. The Balaban J connectivity index is 1.97. The van der Waals surface area contributed by atoms with E-state index >= 15 is 0 Å². The van der Waals surface area contributed by atoms with Gasteiger partial charge in [0.2, 0.25) is 0 Å². The molecule has 0 bridgehead atoms. The summed E-state index contributed by atoms with van der Waals surface area (Å²) in [5, 5.41) is 1.73. The number of fused-ring (bicyclic) bond motifs is 1. The van der Waals surface area contributed by atoms with Crippen LogP contribution in [0.5, 0.6) is 0 Å². The average molecular weight is 256 g/mol. The van der Waals surface area contributed by atoms with E-state index in [0.717, 1.165) is 37.4 Å². The lowest BCUT2D eigenvalue weighted by atomic mass is 9.78. The lowest BCUT2D eigenvalue weighted by Gasteiger charge is -2.26. The Morgan fingerprint density at radius 1 is 0.947 bits per heavy atom. The molecule has 0 unspecified atom stereocenters. The Bertz CT molecular complexity index is 597. The van der Waals surface area contributed by atoms with E-state index in [1.165, 1.54) is 5.56 Å². The zero-order valence-electron chi connectivity index (χ0n) is 10.8. The van der Waals surface area contributed by atoms with E-state index < -0.39 is 0 Å². The SMILES string of the molecule is O=CC1CCC(c2ccc(F)c3ccccc23)CC1. The van der Waals surface area contributed by atoms with Gasteiger partial charge in [-0.3, -0.25) is 0 Å². The Labute approximate surface area is 112 Å². The van der Waals surface area contributed by atoms with Crippen LogP contribution in [0.15, 0.2) is 36.4 Å². The fourth-order valence-corrected chi connectivity index (χ4v) is 3.21. The summed E-state index contributed by atoms with van der Waals surface area (Å²) in [5.41, 5.74) is 1.24. The Morgan fingerprint density at radius 2 is 1.63 bits per heavy atom. The quantitative estimate of drug-likeness (QED) is 0.725. The number of benzene rings is 2. The number of carbonyl (C=O) groups excluding carboxylic acids is 1. The summed E-state index contributed by atoms with van der Waals surface area (Å²) in [6.45, 7) is 0. The number of aldehydes is 1. The molecule has 1 aliphatic carbocycles. The highest BCUT2D eigenvalue weighted by Gasteiger charge is 2.23. The van der Waals surface area contributed by atoms with Gasteiger partial charge >= 0.3 is 0 Å². The van der Waals surface area contributed by atoms with Crippen LogP contribution in [0.25, 0.3) is 10.8 Å². The van der Waals surface area contributed by atoms with Gasteiger partial charge in [-0.2, -0.15) is 0 Å². The van der Waals surface area contributed by atoms with Gasteiger partial charge in [-0.05, 0) is 48.6 Å². The number of halogens is 1. The second kappa shape index (κ2) is 5.12. The first kappa shape index (κ1) is 12.3. The highest BCUT2D eigenvalue weighted by atomic mass is 19.1. The zero-order valence-corrected chi connectivity index (χ0v) is 10.8. The number of carbonyl (C=O) groups is 1.